The highest BCUT2D eigenvalue weighted by molar-refractivity contribution is 5.70. The Hall–Kier alpha value is -2.07. The maximum atomic E-state index is 9.22. The first-order valence-corrected chi connectivity index (χ1v) is 8.90. The minimum atomic E-state index is -0.333. The Morgan fingerprint density at radius 1 is 1.28 bits per heavy atom. The van der Waals surface area contributed by atoms with E-state index in [2.05, 4.69) is 62.1 Å². The Labute approximate surface area is 153 Å². The van der Waals surface area contributed by atoms with Crippen molar-refractivity contribution in [1.82, 2.24) is 5.01 Å². The summed E-state index contributed by atoms with van der Waals surface area (Å²) in [7, 11) is 1.86. The van der Waals surface area contributed by atoms with Crippen LogP contribution in [-0.2, 0) is 4.79 Å². The zero-order valence-electron chi connectivity index (χ0n) is 16.4. The summed E-state index contributed by atoms with van der Waals surface area (Å²) in [6, 6.07) is 10.5. The van der Waals surface area contributed by atoms with Crippen LogP contribution in [0.3, 0.4) is 0 Å². The summed E-state index contributed by atoms with van der Waals surface area (Å²) in [5.74, 6) is 6.70. The first-order valence-electron chi connectivity index (χ1n) is 8.90. The Bertz CT molecular complexity index is 515. The van der Waals surface area contributed by atoms with Gasteiger partial charge in [0.2, 0.25) is 5.91 Å². The number of allylic oxidation sites excluding steroid dienone is 3. The fourth-order valence-electron chi connectivity index (χ4n) is 2.26. The van der Waals surface area contributed by atoms with Crippen LogP contribution < -0.4 is 11.6 Å². The van der Waals surface area contributed by atoms with E-state index in [1.165, 1.54) is 37.4 Å². The van der Waals surface area contributed by atoms with Gasteiger partial charge in [0, 0.05) is 19.7 Å². The van der Waals surface area contributed by atoms with Gasteiger partial charge in [0.05, 0.1) is 0 Å². The lowest BCUT2D eigenvalue weighted by molar-refractivity contribution is -0.115. The minimum Gasteiger partial charge on any atom is -0.370 e. The molecule has 0 unspecified atom stereocenters. The Morgan fingerprint density at radius 2 is 1.80 bits per heavy atom. The normalized spacial score (nSPS) is 13.6. The van der Waals surface area contributed by atoms with Crippen LogP contribution in [0.25, 0.3) is 6.08 Å². The highest BCUT2D eigenvalue weighted by atomic mass is 16.1. The molecule has 1 aliphatic carbocycles. The van der Waals surface area contributed by atoms with Crippen LogP contribution in [-0.4, -0.2) is 18.0 Å². The van der Waals surface area contributed by atoms with Gasteiger partial charge in [-0.1, -0.05) is 62.4 Å². The first-order chi connectivity index (χ1) is 11.8. The molecule has 0 saturated heterocycles. The number of benzene rings is 1. The van der Waals surface area contributed by atoms with Gasteiger partial charge in [0.25, 0.3) is 0 Å². The van der Waals surface area contributed by atoms with E-state index in [9.17, 15) is 4.79 Å². The maximum Gasteiger partial charge on any atom is 0.214 e. The molecule has 0 heterocycles. The van der Waals surface area contributed by atoms with Crippen LogP contribution in [0.15, 0.2) is 48.2 Å². The van der Waals surface area contributed by atoms with Crippen LogP contribution in [0.4, 0.5) is 0 Å². The number of hydrogen-bond donors (Lipinski definition) is 2. The van der Waals surface area contributed by atoms with E-state index in [1.807, 2.05) is 20.0 Å². The second-order valence-corrected chi connectivity index (χ2v) is 6.58. The SMILES string of the molecule is C(=C/c1ccccc1)/CC1CC1.C/C=C(/C(C)C)N(C)N.CC(N)=O. The van der Waals surface area contributed by atoms with E-state index in [1.54, 1.807) is 5.01 Å². The molecule has 0 aromatic heterocycles. The van der Waals surface area contributed by atoms with Crippen LogP contribution in [0.5, 0.6) is 0 Å². The predicted molar refractivity (Wildman–Crippen MR) is 108 cm³/mol. The van der Waals surface area contributed by atoms with Gasteiger partial charge in [-0.3, -0.25) is 4.79 Å². The van der Waals surface area contributed by atoms with Crippen molar-refractivity contribution in [3.8, 4) is 0 Å². The molecule has 0 spiro atoms. The predicted octanol–water partition coefficient (Wildman–Crippen LogP) is 4.34. The van der Waals surface area contributed by atoms with Crippen molar-refractivity contribution in [3.05, 3.63) is 53.7 Å². The molecule has 4 heteroatoms. The second-order valence-electron chi connectivity index (χ2n) is 6.58. The molecule has 1 aliphatic rings. The maximum absolute atomic E-state index is 9.22. The third-order valence-corrected chi connectivity index (χ3v) is 3.57. The monoisotopic (exact) mass is 345 g/mol. The van der Waals surface area contributed by atoms with Crippen LogP contribution in [0, 0.1) is 11.8 Å². The number of carbonyl (C=O) groups excluding carboxylic acids is 1. The number of nitrogens with two attached hydrogens (primary N) is 2. The van der Waals surface area contributed by atoms with Crippen molar-refractivity contribution >= 4 is 12.0 Å². The number of primary amides is 1. The molecule has 0 radical (unpaired) electrons. The highest BCUT2D eigenvalue weighted by Crippen LogP contribution is 2.32. The fourth-order valence-corrected chi connectivity index (χ4v) is 2.26. The molecule has 1 fully saturated rings. The van der Waals surface area contributed by atoms with Crippen molar-refractivity contribution in [3.63, 3.8) is 0 Å². The van der Waals surface area contributed by atoms with Gasteiger partial charge in [-0.15, -0.1) is 0 Å². The van der Waals surface area contributed by atoms with Gasteiger partial charge in [-0.05, 0) is 43.6 Å². The summed E-state index contributed by atoms with van der Waals surface area (Å²) in [6.45, 7) is 7.55. The van der Waals surface area contributed by atoms with E-state index in [-0.39, 0.29) is 5.91 Å². The van der Waals surface area contributed by atoms with Crippen LogP contribution >= 0.6 is 0 Å². The zero-order chi connectivity index (χ0) is 19.2. The molecule has 0 atom stereocenters. The lowest BCUT2D eigenvalue weighted by atomic mass is 10.1. The number of hydrogen-bond acceptors (Lipinski definition) is 3. The third-order valence-electron chi connectivity index (χ3n) is 3.57. The van der Waals surface area contributed by atoms with Gasteiger partial charge >= 0.3 is 0 Å². The summed E-state index contributed by atoms with van der Waals surface area (Å²) >= 11 is 0. The van der Waals surface area contributed by atoms with E-state index in [0.717, 1.165) is 5.92 Å². The highest BCUT2D eigenvalue weighted by Gasteiger charge is 2.18. The van der Waals surface area contributed by atoms with Crippen LogP contribution in [0.2, 0.25) is 0 Å². The van der Waals surface area contributed by atoms with Crippen molar-refractivity contribution in [2.75, 3.05) is 7.05 Å². The van der Waals surface area contributed by atoms with E-state index in [4.69, 9.17) is 5.84 Å². The van der Waals surface area contributed by atoms with Crippen molar-refractivity contribution in [1.29, 1.82) is 0 Å². The molecular weight excluding hydrogens is 310 g/mol. The number of rotatable bonds is 5. The van der Waals surface area contributed by atoms with Gasteiger partial charge in [-0.25, -0.2) is 5.84 Å². The minimum absolute atomic E-state index is 0.333. The molecular formula is C21H35N3O. The van der Waals surface area contributed by atoms with Crippen LogP contribution in [0.1, 0.15) is 52.5 Å². The summed E-state index contributed by atoms with van der Waals surface area (Å²) in [4.78, 5) is 9.22. The molecule has 4 nitrogen and oxygen atoms in total. The number of amides is 1. The summed E-state index contributed by atoms with van der Waals surface area (Å²) in [5, 5.41) is 1.66. The van der Waals surface area contributed by atoms with Gasteiger partial charge in [0.1, 0.15) is 0 Å². The number of carbonyl (C=O) groups is 1. The van der Waals surface area contributed by atoms with Gasteiger partial charge in [-0.2, -0.15) is 0 Å². The van der Waals surface area contributed by atoms with Crippen molar-refractivity contribution in [2.24, 2.45) is 23.4 Å². The van der Waals surface area contributed by atoms with E-state index < -0.39 is 0 Å². The Balaban J connectivity index is 0.000000394. The van der Waals surface area contributed by atoms with Crippen molar-refractivity contribution in [2.45, 2.75) is 47.0 Å². The molecule has 1 saturated carbocycles. The summed E-state index contributed by atoms with van der Waals surface area (Å²) in [6.07, 6.45) is 10.7. The van der Waals surface area contributed by atoms with E-state index >= 15 is 0 Å². The van der Waals surface area contributed by atoms with Gasteiger partial charge in [0.15, 0.2) is 0 Å². The molecule has 1 amide bonds. The Morgan fingerprint density at radius 3 is 2.12 bits per heavy atom. The second kappa shape index (κ2) is 13.2. The standard InChI is InChI=1S/C12H14.C7H16N2.C2H5NO/c1-2-5-11(6-3-1)7-4-8-12-9-10-12;1-5-7(6(2)3)9(4)8;1-2(3)4/h1-7,12H,8-10H2;5-6H,8H2,1-4H3;1H3,(H2,3,4)/b7-4-;7-5-;. The average Bonchev–Trinajstić information content (AvgIpc) is 3.32. The van der Waals surface area contributed by atoms with Crippen molar-refractivity contribution < 1.29 is 4.79 Å². The molecule has 140 valence electrons. The molecule has 0 aliphatic heterocycles. The summed E-state index contributed by atoms with van der Waals surface area (Å²) < 4.78 is 0. The lowest BCUT2D eigenvalue weighted by Gasteiger charge is -2.19. The average molecular weight is 346 g/mol. The lowest BCUT2D eigenvalue weighted by Crippen LogP contribution is -2.27. The topological polar surface area (TPSA) is 72.3 Å². The quantitative estimate of drug-likeness (QED) is 0.616. The molecule has 1 aromatic rings. The fraction of sp³-hybridized carbons (Fsp3) is 0.476. The summed E-state index contributed by atoms with van der Waals surface area (Å²) in [5.41, 5.74) is 6.97. The molecule has 25 heavy (non-hydrogen) atoms. The molecule has 0 bridgehead atoms. The first kappa shape index (κ1) is 22.9. The molecule has 1 aromatic carbocycles. The zero-order valence-corrected chi connectivity index (χ0v) is 16.4. The molecule has 2 rings (SSSR count). The number of hydrazine groups is 1. The third kappa shape index (κ3) is 14.0. The number of nitrogens with zero attached hydrogens (tertiary/aromatic N) is 1. The largest absolute Gasteiger partial charge is 0.370 e. The molecule has 4 N–H and O–H groups in total. The Kier molecular flexibility index (Phi) is 12.1. The smallest absolute Gasteiger partial charge is 0.214 e. The van der Waals surface area contributed by atoms with E-state index in [0.29, 0.717) is 5.92 Å². The van der Waals surface area contributed by atoms with Gasteiger partial charge < -0.3 is 10.7 Å².